The Morgan fingerprint density at radius 3 is 2.66 bits per heavy atom. The van der Waals surface area contributed by atoms with Crippen LogP contribution in [0.4, 0.5) is 5.95 Å². The zero-order valence-electron chi connectivity index (χ0n) is 15.1. The lowest BCUT2D eigenvalue weighted by atomic mass is 10.1. The molecule has 0 aliphatic carbocycles. The van der Waals surface area contributed by atoms with Crippen LogP contribution in [0.15, 0.2) is 81.1 Å². The fourth-order valence-electron chi connectivity index (χ4n) is 2.96. The Balaban J connectivity index is 1.65. The molecule has 0 spiro atoms. The number of halogens is 1. The average molecular weight is 444 g/mol. The van der Waals surface area contributed by atoms with E-state index in [9.17, 15) is 10.1 Å². The number of aromatic amines is 1. The molecule has 0 unspecified atom stereocenters. The van der Waals surface area contributed by atoms with Crippen LogP contribution in [-0.2, 0) is 0 Å². The first-order valence-electron chi connectivity index (χ1n) is 8.73. The molecule has 1 heterocycles. The van der Waals surface area contributed by atoms with Crippen LogP contribution in [-0.4, -0.2) is 16.2 Å². The Bertz CT molecular complexity index is 1320. The van der Waals surface area contributed by atoms with Gasteiger partial charge in [-0.15, -0.1) is 0 Å². The molecule has 3 aromatic carbocycles. The second-order valence-electron chi connectivity index (χ2n) is 6.21. The quantitative estimate of drug-likeness (QED) is 0.353. The molecule has 7 heteroatoms. The van der Waals surface area contributed by atoms with Crippen LogP contribution in [0.1, 0.15) is 11.1 Å². The van der Waals surface area contributed by atoms with Crippen molar-refractivity contribution in [1.29, 1.82) is 5.26 Å². The molecule has 0 aliphatic rings. The molecule has 2 N–H and O–H groups in total. The van der Waals surface area contributed by atoms with Crippen LogP contribution in [0, 0.1) is 11.3 Å². The normalized spacial score (nSPS) is 10.9. The monoisotopic (exact) mass is 443 g/mol. The number of hydrazone groups is 1. The highest BCUT2D eigenvalue weighted by Crippen LogP contribution is 2.25. The Morgan fingerprint density at radius 1 is 1.10 bits per heavy atom. The molecular formula is C22H14BrN5O. The predicted molar refractivity (Wildman–Crippen MR) is 118 cm³/mol. The fraction of sp³-hybridized carbons (Fsp3) is 0. The van der Waals surface area contributed by atoms with Crippen molar-refractivity contribution in [1.82, 2.24) is 9.97 Å². The maximum atomic E-state index is 12.3. The van der Waals surface area contributed by atoms with E-state index in [1.54, 1.807) is 18.3 Å². The third kappa shape index (κ3) is 3.93. The molecule has 29 heavy (non-hydrogen) atoms. The van der Waals surface area contributed by atoms with E-state index in [0.717, 1.165) is 20.8 Å². The van der Waals surface area contributed by atoms with Gasteiger partial charge in [0.05, 0.1) is 11.9 Å². The van der Waals surface area contributed by atoms with Gasteiger partial charge in [-0.05, 0) is 28.5 Å². The van der Waals surface area contributed by atoms with E-state index in [-0.39, 0.29) is 11.5 Å². The summed E-state index contributed by atoms with van der Waals surface area (Å²) in [6, 6.07) is 23.0. The Hall–Kier alpha value is -3.76. The highest BCUT2D eigenvalue weighted by atomic mass is 79.9. The van der Waals surface area contributed by atoms with Crippen LogP contribution < -0.4 is 11.0 Å². The second-order valence-corrected chi connectivity index (χ2v) is 7.06. The number of H-pyrrole nitrogens is 1. The van der Waals surface area contributed by atoms with Crippen LogP contribution in [0.25, 0.3) is 22.0 Å². The minimum atomic E-state index is -0.521. The van der Waals surface area contributed by atoms with Crippen LogP contribution >= 0.6 is 15.9 Å². The van der Waals surface area contributed by atoms with Crippen LogP contribution in [0.2, 0.25) is 0 Å². The van der Waals surface area contributed by atoms with Crippen molar-refractivity contribution in [3.05, 3.63) is 92.7 Å². The summed E-state index contributed by atoms with van der Waals surface area (Å²) in [5, 5.41) is 15.7. The van der Waals surface area contributed by atoms with Gasteiger partial charge in [0, 0.05) is 10.0 Å². The van der Waals surface area contributed by atoms with Crippen molar-refractivity contribution in [2.24, 2.45) is 5.10 Å². The Morgan fingerprint density at radius 2 is 1.86 bits per heavy atom. The number of fused-ring (bicyclic) bond motifs is 1. The van der Waals surface area contributed by atoms with Gasteiger partial charge in [0.1, 0.15) is 11.6 Å². The number of hydrogen-bond donors (Lipinski definition) is 2. The summed E-state index contributed by atoms with van der Waals surface area (Å²) in [5.41, 5.74) is 4.05. The molecule has 0 fully saturated rings. The molecule has 6 nitrogen and oxygen atoms in total. The number of aromatic nitrogens is 2. The maximum Gasteiger partial charge on any atom is 0.270 e. The van der Waals surface area contributed by atoms with E-state index in [1.165, 1.54) is 0 Å². The van der Waals surface area contributed by atoms with E-state index in [1.807, 2.05) is 60.7 Å². The lowest BCUT2D eigenvalue weighted by molar-refractivity contribution is 1.08. The molecule has 1 aromatic heterocycles. The molecule has 4 aromatic rings. The maximum absolute atomic E-state index is 12.3. The largest absolute Gasteiger partial charge is 0.290 e. The second kappa shape index (κ2) is 8.09. The number of nitriles is 1. The van der Waals surface area contributed by atoms with Crippen LogP contribution in [0.5, 0.6) is 0 Å². The van der Waals surface area contributed by atoms with Gasteiger partial charge in [0.25, 0.3) is 5.56 Å². The fourth-order valence-corrected chi connectivity index (χ4v) is 3.59. The third-order valence-corrected chi connectivity index (χ3v) is 4.95. The van der Waals surface area contributed by atoms with E-state index < -0.39 is 5.56 Å². The van der Waals surface area contributed by atoms with Crippen molar-refractivity contribution >= 4 is 38.9 Å². The number of nitrogens with one attached hydrogen (secondary N) is 2. The molecule has 0 saturated heterocycles. The van der Waals surface area contributed by atoms with E-state index in [4.69, 9.17) is 0 Å². The zero-order valence-corrected chi connectivity index (χ0v) is 16.6. The van der Waals surface area contributed by atoms with Gasteiger partial charge in [-0.2, -0.15) is 10.4 Å². The lowest BCUT2D eigenvalue weighted by Crippen LogP contribution is -2.16. The van der Waals surface area contributed by atoms with Gasteiger partial charge in [0.15, 0.2) is 0 Å². The molecule has 4 rings (SSSR count). The van der Waals surface area contributed by atoms with E-state index in [2.05, 4.69) is 36.4 Å². The first-order chi connectivity index (χ1) is 14.2. The van der Waals surface area contributed by atoms with Gasteiger partial charge in [-0.3, -0.25) is 9.78 Å². The summed E-state index contributed by atoms with van der Waals surface area (Å²) >= 11 is 3.57. The third-order valence-electron chi connectivity index (χ3n) is 4.30. The minimum Gasteiger partial charge on any atom is -0.290 e. The van der Waals surface area contributed by atoms with Gasteiger partial charge < -0.3 is 0 Å². The summed E-state index contributed by atoms with van der Waals surface area (Å²) in [6.07, 6.45) is 1.64. The average Bonchev–Trinajstić information content (AvgIpc) is 2.74. The van der Waals surface area contributed by atoms with Crippen molar-refractivity contribution in [3.8, 4) is 17.3 Å². The molecule has 0 aliphatic heterocycles. The summed E-state index contributed by atoms with van der Waals surface area (Å²) in [4.78, 5) is 19.2. The first kappa shape index (κ1) is 18.6. The van der Waals surface area contributed by atoms with Crippen molar-refractivity contribution in [3.63, 3.8) is 0 Å². The molecule has 0 amide bonds. The SMILES string of the molecule is N#Cc1c(-c2ccccc2)nc(NN=Cc2cc(Br)c3ccccc3c2)[nH]c1=O. The van der Waals surface area contributed by atoms with E-state index >= 15 is 0 Å². The molecule has 0 radical (unpaired) electrons. The van der Waals surface area contributed by atoms with Gasteiger partial charge in [0.2, 0.25) is 5.95 Å². The van der Waals surface area contributed by atoms with Gasteiger partial charge in [-0.25, -0.2) is 10.4 Å². The molecule has 0 saturated carbocycles. The number of benzene rings is 3. The zero-order chi connectivity index (χ0) is 20.2. The number of nitrogens with zero attached hydrogens (tertiary/aromatic N) is 3. The van der Waals surface area contributed by atoms with Crippen molar-refractivity contribution in [2.45, 2.75) is 0 Å². The minimum absolute atomic E-state index is 0.0378. The van der Waals surface area contributed by atoms with E-state index in [0.29, 0.717) is 11.3 Å². The predicted octanol–water partition coefficient (Wildman–Crippen LogP) is 4.67. The molecule has 0 atom stereocenters. The Kier molecular flexibility index (Phi) is 5.18. The number of rotatable bonds is 4. The summed E-state index contributed by atoms with van der Waals surface area (Å²) in [5.74, 6) is 0.156. The summed E-state index contributed by atoms with van der Waals surface area (Å²) in [7, 11) is 0. The van der Waals surface area contributed by atoms with Crippen molar-refractivity contribution in [2.75, 3.05) is 5.43 Å². The molecular weight excluding hydrogens is 430 g/mol. The van der Waals surface area contributed by atoms with Gasteiger partial charge in [-0.1, -0.05) is 70.5 Å². The first-order valence-corrected chi connectivity index (χ1v) is 9.52. The lowest BCUT2D eigenvalue weighted by Gasteiger charge is -2.06. The van der Waals surface area contributed by atoms with Gasteiger partial charge >= 0.3 is 0 Å². The highest BCUT2D eigenvalue weighted by molar-refractivity contribution is 9.10. The standard InChI is InChI=1S/C22H14BrN5O/c23-19-11-14(10-16-8-4-5-9-17(16)19)13-25-28-22-26-20(15-6-2-1-3-7-15)18(12-24)21(29)27-22/h1-11,13H,(H2,26,27,28,29). The summed E-state index contributed by atoms with van der Waals surface area (Å²) in [6.45, 7) is 0. The molecule has 0 bridgehead atoms. The van der Waals surface area contributed by atoms with Crippen molar-refractivity contribution < 1.29 is 0 Å². The smallest absolute Gasteiger partial charge is 0.270 e. The Labute approximate surface area is 174 Å². The number of hydrogen-bond acceptors (Lipinski definition) is 5. The summed E-state index contributed by atoms with van der Waals surface area (Å²) < 4.78 is 0.966. The molecule has 140 valence electrons. The number of anilines is 1. The highest BCUT2D eigenvalue weighted by Gasteiger charge is 2.12. The topological polar surface area (TPSA) is 93.9 Å². The van der Waals surface area contributed by atoms with Crippen LogP contribution in [0.3, 0.4) is 0 Å².